The van der Waals surface area contributed by atoms with Gasteiger partial charge in [-0.05, 0) is 37.5 Å². The monoisotopic (exact) mass is 403 g/mol. The molecule has 1 heterocycles. The van der Waals surface area contributed by atoms with Crippen LogP contribution in [0.15, 0.2) is 18.2 Å². The molecule has 0 saturated carbocycles. The van der Waals surface area contributed by atoms with Crippen molar-refractivity contribution < 1.29 is 31.9 Å². The van der Waals surface area contributed by atoms with E-state index in [1.807, 2.05) is 0 Å². The lowest BCUT2D eigenvalue weighted by atomic mass is 10.1. The third-order valence-electron chi connectivity index (χ3n) is 4.80. The number of carbonyl (C=O) groups excluding carboxylic acids is 2. The third-order valence-corrected chi connectivity index (χ3v) is 4.80. The van der Waals surface area contributed by atoms with E-state index in [0.29, 0.717) is 37.5 Å². The van der Waals surface area contributed by atoms with Crippen LogP contribution < -0.4 is 0 Å². The summed E-state index contributed by atoms with van der Waals surface area (Å²) < 4.78 is 57.9. The summed E-state index contributed by atoms with van der Waals surface area (Å²) in [4.78, 5) is 26.0. The minimum Gasteiger partial charge on any atom is -0.464 e. The smallest absolute Gasteiger partial charge is 0.416 e. The van der Waals surface area contributed by atoms with Crippen molar-refractivity contribution >= 4 is 11.9 Å². The van der Waals surface area contributed by atoms with E-state index in [4.69, 9.17) is 4.74 Å². The summed E-state index contributed by atoms with van der Waals surface area (Å²) in [6.07, 6.45) is 1.08. The molecule has 0 bridgehead atoms. The van der Waals surface area contributed by atoms with E-state index in [0.717, 1.165) is 30.6 Å². The number of halogens is 4. The number of carbonyl (C=O) groups is 2. The second-order valence-corrected chi connectivity index (χ2v) is 6.93. The van der Waals surface area contributed by atoms with Gasteiger partial charge in [0, 0.05) is 6.54 Å². The van der Waals surface area contributed by atoms with E-state index in [-0.39, 0.29) is 13.2 Å². The average Bonchev–Trinajstić information content (AvgIpc) is 3.13. The zero-order valence-corrected chi connectivity index (χ0v) is 15.9. The molecule has 4 nitrogen and oxygen atoms in total. The molecular formula is C20H25F4NO3. The summed E-state index contributed by atoms with van der Waals surface area (Å²) >= 11 is 0. The number of alkyl halides is 3. The molecule has 0 spiro atoms. The number of amides is 1. The normalized spacial score (nSPS) is 17.0. The molecule has 1 amide bonds. The first-order valence-corrected chi connectivity index (χ1v) is 9.60. The van der Waals surface area contributed by atoms with Gasteiger partial charge in [-0.15, -0.1) is 0 Å². The fourth-order valence-electron chi connectivity index (χ4n) is 3.25. The van der Waals surface area contributed by atoms with Crippen LogP contribution in [0.4, 0.5) is 17.6 Å². The Hall–Kier alpha value is -2.12. The van der Waals surface area contributed by atoms with Crippen molar-refractivity contribution in [3.63, 3.8) is 0 Å². The Balaban J connectivity index is 2.02. The summed E-state index contributed by atoms with van der Waals surface area (Å²) in [6, 6.07) is 0.805. The van der Waals surface area contributed by atoms with E-state index in [9.17, 15) is 27.2 Å². The fraction of sp³-hybridized carbons (Fsp3) is 0.600. The lowest BCUT2D eigenvalue weighted by Crippen LogP contribution is -2.42. The van der Waals surface area contributed by atoms with Crippen LogP contribution in [0, 0.1) is 5.82 Å². The zero-order chi connectivity index (χ0) is 20.7. The van der Waals surface area contributed by atoms with Crippen LogP contribution in [0.3, 0.4) is 0 Å². The first kappa shape index (κ1) is 22.2. The maximum atomic E-state index is 14.0. The highest BCUT2D eigenvalue weighted by molar-refractivity contribution is 5.97. The molecule has 156 valence electrons. The van der Waals surface area contributed by atoms with Gasteiger partial charge in [0.15, 0.2) is 0 Å². The topological polar surface area (TPSA) is 46.6 Å². The highest BCUT2D eigenvalue weighted by atomic mass is 19.4. The van der Waals surface area contributed by atoms with Crippen molar-refractivity contribution in [1.82, 2.24) is 4.90 Å². The number of likely N-dealkylation sites (tertiary alicyclic amines) is 1. The van der Waals surface area contributed by atoms with Gasteiger partial charge in [-0.25, -0.2) is 9.18 Å². The van der Waals surface area contributed by atoms with Crippen molar-refractivity contribution in [1.29, 1.82) is 0 Å². The van der Waals surface area contributed by atoms with Crippen molar-refractivity contribution in [3.05, 3.63) is 35.1 Å². The van der Waals surface area contributed by atoms with Gasteiger partial charge in [-0.1, -0.05) is 32.6 Å². The predicted octanol–water partition coefficient (Wildman–Crippen LogP) is 4.96. The number of ether oxygens (including phenoxy) is 1. The number of esters is 1. The van der Waals surface area contributed by atoms with Crippen molar-refractivity contribution in [3.8, 4) is 0 Å². The van der Waals surface area contributed by atoms with Crippen molar-refractivity contribution in [2.24, 2.45) is 0 Å². The molecule has 1 aliphatic rings. The second kappa shape index (κ2) is 9.89. The Labute approximate surface area is 161 Å². The molecule has 28 heavy (non-hydrogen) atoms. The van der Waals surface area contributed by atoms with Crippen LogP contribution in [-0.2, 0) is 15.7 Å². The molecule has 0 radical (unpaired) electrons. The van der Waals surface area contributed by atoms with E-state index < -0.39 is 41.0 Å². The molecule has 1 aliphatic heterocycles. The summed E-state index contributed by atoms with van der Waals surface area (Å²) in [7, 11) is 0. The average molecular weight is 403 g/mol. The SMILES string of the molecule is CCCCCCCOC(=O)C1CCCN1C(=O)c1cc(C(F)(F)F)ccc1F. The number of unbranched alkanes of at least 4 members (excludes halogenated alkanes) is 4. The van der Waals surface area contributed by atoms with Crippen LogP contribution in [0.5, 0.6) is 0 Å². The lowest BCUT2D eigenvalue weighted by Gasteiger charge is -2.24. The summed E-state index contributed by atoms with van der Waals surface area (Å²) in [5.74, 6) is -2.56. The van der Waals surface area contributed by atoms with Crippen LogP contribution in [-0.4, -0.2) is 36.0 Å². The summed E-state index contributed by atoms with van der Waals surface area (Å²) in [5.41, 5.74) is -1.79. The molecule has 1 saturated heterocycles. The Morgan fingerprint density at radius 3 is 2.57 bits per heavy atom. The Bertz CT molecular complexity index is 691. The number of nitrogens with zero attached hydrogens (tertiary/aromatic N) is 1. The van der Waals surface area contributed by atoms with Gasteiger partial charge < -0.3 is 9.64 Å². The molecule has 1 unspecified atom stereocenters. The molecular weight excluding hydrogens is 378 g/mol. The molecule has 1 fully saturated rings. The molecule has 8 heteroatoms. The number of hydrogen-bond donors (Lipinski definition) is 0. The molecule has 1 aromatic carbocycles. The molecule has 0 aromatic heterocycles. The number of hydrogen-bond acceptors (Lipinski definition) is 3. The molecule has 0 aliphatic carbocycles. The van der Waals surface area contributed by atoms with Gasteiger partial charge >= 0.3 is 12.1 Å². The summed E-state index contributed by atoms with van der Waals surface area (Å²) in [5, 5.41) is 0. The highest BCUT2D eigenvalue weighted by Crippen LogP contribution is 2.31. The van der Waals surface area contributed by atoms with Gasteiger partial charge in [0.25, 0.3) is 5.91 Å². The van der Waals surface area contributed by atoms with E-state index >= 15 is 0 Å². The molecule has 1 atom stereocenters. The van der Waals surface area contributed by atoms with Gasteiger partial charge in [0.2, 0.25) is 0 Å². The van der Waals surface area contributed by atoms with E-state index in [1.165, 1.54) is 0 Å². The lowest BCUT2D eigenvalue weighted by molar-refractivity contribution is -0.148. The molecule has 2 rings (SSSR count). The first-order chi connectivity index (χ1) is 13.3. The van der Waals surface area contributed by atoms with Gasteiger partial charge in [-0.2, -0.15) is 13.2 Å². The van der Waals surface area contributed by atoms with Crippen LogP contribution in [0.1, 0.15) is 67.8 Å². The van der Waals surface area contributed by atoms with Gasteiger partial charge in [0.1, 0.15) is 11.9 Å². The Morgan fingerprint density at radius 1 is 1.18 bits per heavy atom. The third kappa shape index (κ3) is 5.69. The minimum atomic E-state index is -4.69. The van der Waals surface area contributed by atoms with Gasteiger partial charge in [-0.3, -0.25) is 4.79 Å². The summed E-state index contributed by atoms with van der Waals surface area (Å²) in [6.45, 7) is 2.50. The largest absolute Gasteiger partial charge is 0.464 e. The van der Waals surface area contributed by atoms with E-state index in [2.05, 4.69) is 6.92 Å². The van der Waals surface area contributed by atoms with Crippen LogP contribution in [0.25, 0.3) is 0 Å². The minimum absolute atomic E-state index is 0.171. The Kier molecular flexibility index (Phi) is 7.83. The number of rotatable bonds is 8. The maximum absolute atomic E-state index is 14.0. The predicted molar refractivity (Wildman–Crippen MR) is 95.2 cm³/mol. The highest BCUT2D eigenvalue weighted by Gasteiger charge is 2.38. The maximum Gasteiger partial charge on any atom is 0.416 e. The van der Waals surface area contributed by atoms with Crippen molar-refractivity contribution in [2.75, 3.05) is 13.2 Å². The number of benzene rings is 1. The van der Waals surface area contributed by atoms with Gasteiger partial charge in [0.05, 0.1) is 17.7 Å². The first-order valence-electron chi connectivity index (χ1n) is 9.60. The quantitative estimate of drug-likeness (QED) is 0.350. The zero-order valence-electron chi connectivity index (χ0n) is 15.9. The molecule has 0 N–H and O–H groups in total. The molecule has 1 aromatic rings. The van der Waals surface area contributed by atoms with Crippen LogP contribution in [0.2, 0.25) is 0 Å². The Morgan fingerprint density at radius 2 is 1.89 bits per heavy atom. The van der Waals surface area contributed by atoms with Crippen molar-refractivity contribution in [2.45, 2.75) is 64.1 Å². The standard InChI is InChI=1S/C20H25F4NO3/c1-2-3-4-5-6-12-28-19(27)17-8-7-11-25(17)18(26)15-13-14(20(22,23)24)9-10-16(15)21/h9-10,13,17H,2-8,11-12H2,1H3. The van der Waals surface area contributed by atoms with E-state index in [1.54, 1.807) is 0 Å². The fourth-order valence-corrected chi connectivity index (χ4v) is 3.25. The second-order valence-electron chi connectivity index (χ2n) is 6.93. The van der Waals surface area contributed by atoms with Crippen LogP contribution >= 0.6 is 0 Å².